The van der Waals surface area contributed by atoms with E-state index in [9.17, 15) is 0 Å². The summed E-state index contributed by atoms with van der Waals surface area (Å²) in [5.74, 6) is 0. The molecule has 1 saturated carbocycles. The van der Waals surface area contributed by atoms with E-state index in [0.29, 0.717) is 6.10 Å². The van der Waals surface area contributed by atoms with Gasteiger partial charge in [0.2, 0.25) is 0 Å². The van der Waals surface area contributed by atoms with Crippen molar-refractivity contribution >= 4 is 0 Å². The highest BCUT2D eigenvalue weighted by atomic mass is 16.5. The number of hydrogen-bond acceptors (Lipinski definition) is 2. The number of hydrogen-bond donors (Lipinski definition) is 1. The van der Waals surface area contributed by atoms with Gasteiger partial charge in [0.15, 0.2) is 0 Å². The molecular formula is C11H19NO. The zero-order valence-corrected chi connectivity index (χ0v) is 8.38. The van der Waals surface area contributed by atoms with Crippen LogP contribution in [0.1, 0.15) is 32.6 Å². The van der Waals surface area contributed by atoms with Gasteiger partial charge in [0, 0.05) is 19.2 Å². The van der Waals surface area contributed by atoms with Crippen LogP contribution in [0.15, 0.2) is 11.6 Å². The van der Waals surface area contributed by atoms with Crippen LogP contribution in [0.5, 0.6) is 0 Å². The minimum atomic E-state index is 0.404. The third-order valence-corrected chi connectivity index (χ3v) is 2.68. The second kappa shape index (κ2) is 4.25. The fourth-order valence-corrected chi connectivity index (χ4v) is 1.70. The van der Waals surface area contributed by atoms with Gasteiger partial charge in [-0.05, 0) is 32.6 Å². The van der Waals surface area contributed by atoms with Gasteiger partial charge < -0.3 is 10.1 Å². The molecule has 0 aromatic heterocycles. The third kappa shape index (κ3) is 3.12. The molecule has 1 unspecified atom stereocenters. The van der Waals surface area contributed by atoms with E-state index in [2.05, 4.69) is 18.3 Å². The van der Waals surface area contributed by atoms with Crippen molar-refractivity contribution in [3.8, 4) is 0 Å². The topological polar surface area (TPSA) is 21.3 Å². The van der Waals surface area contributed by atoms with E-state index in [-0.39, 0.29) is 0 Å². The Morgan fingerprint density at radius 1 is 1.46 bits per heavy atom. The van der Waals surface area contributed by atoms with Crippen LogP contribution in [0.25, 0.3) is 0 Å². The number of nitrogens with one attached hydrogen (secondary N) is 1. The first-order valence-electron chi connectivity index (χ1n) is 5.37. The minimum absolute atomic E-state index is 0.404. The average Bonchev–Trinajstić information content (AvgIpc) is 2.82. The van der Waals surface area contributed by atoms with E-state index in [1.165, 1.54) is 31.3 Å². The summed E-state index contributed by atoms with van der Waals surface area (Å²) in [4.78, 5) is 0. The molecule has 74 valence electrons. The molecule has 1 atom stereocenters. The van der Waals surface area contributed by atoms with Crippen LogP contribution in [-0.2, 0) is 4.74 Å². The molecule has 1 aliphatic carbocycles. The van der Waals surface area contributed by atoms with Crippen molar-refractivity contribution < 1.29 is 4.74 Å². The van der Waals surface area contributed by atoms with Crippen molar-refractivity contribution in [2.45, 2.75) is 44.8 Å². The van der Waals surface area contributed by atoms with Crippen LogP contribution in [0.3, 0.4) is 0 Å². The Hall–Kier alpha value is -0.340. The SMILES string of the molecule is C/C(=C\C1CCCO1)CNC1CC1. The van der Waals surface area contributed by atoms with Gasteiger partial charge in [-0.3, -0.25) is 0 Å². The van der Waals surface area contributed by atoms with Crippen molar-refractivity contribution in [1.29, 1.82) is 0 Å². The summed E-state index contributed by atoms with van der Waals surface area (Å²) < 4.78 is 5.54. The highest BCUT2D eigenvalue weighted by molar-refractivity contribution is 5.06. The van der Waals surface area contributed by atoms with Gasteiger partial charge in [-0.2, -0.15) is 0 Å². The molecule has 0 amide bonds. The molecule has 0 radical (unpaired) electrons. The van der Waals surface area contributed by atoms with E-state index in [4.69, 9.17) is 4.74 Å². The molecule has 0 aromatic rings. The van der Waals surface area contributed by atoms with E-state index in [1.807, 2.05) is 0 Å². The van der Waals surface area contributed by atoms with Crippen molar-refractivity contribution in [2.24, 2.45) is 0 Å². The number of rotatable bonds is 4. The Morgan fingerprint density at radius 3 is 2.92 bits per heavy atom. The fourth-order valence-electron chi connectivity index (χ4n) is 1.70. The normalized spacial score (nSPS) is 29.6. The predicted molar refractivity (Wildman–Crippen MR) is 53.8 cm³/mol. The Labute approximate surface area is 80.4 Å². The monoisotopic (exact) mass is 181 g/mol. The van der Waals surface area contributed by atoms with Gasteiger partial charge in [0.1, 0.15) is 0 Å². The second-order valence-electron chi connectivity index (χ2n) is 4.22. The Balaban J connectivity index is 1.69. The van der Waals surface area contributed by atoms with E-state index < -0.39 is 0 Å². The zero-order valence-electron chi connectivity index (χ0n) is 8.38. The van der Waals surface area contributed by atoms with Gasteiger partial charge in [-0.1, -0.05) is 11.6 Å². The maximum Gasteiger partial charge on any atom is 0.0759 e. The first kappa shape index (κ1) is 9.22. The lowest BCUT2D eigenvalue weighted by Crippen LogP contribution is -2.19. The summed E-state index contributed by atoms with van der Waals surface area (Å²) in [6, 6.07) is 0.813. The van der Waals surface area contributed by atoms with Gasteiger partial charge >= 0.3 is 0 Å². The first-order chi connectivity index (χ1) is 6.34. The maximum absolute atomic E-state index is 5.54. The highest BCUT2D eigenvalue weighted by Gasteiger charge is 2.20. The molecule has 13 heavy (non-hydrogen) atoms. The molecule has 1 saturated heterocycles. The smallest absolute Gasteiger partial charge is 0.0759 e. The molecule has 2 fully saturated rings. The van der Waals surface area contributed by atoms with Crippen molar-refractivity contribution in [3.05, 3.63) is 11.6 Å². The molecule has 1 aliphatic heterocycles. The van der Waals surface area contributed by atoms with Crippen molar-refractivity contribution in [1.82, 2.24) is 5.32 Å². The van der Waals surface area contributed by atoms with Gasteiger partial charge in [0.05, 0.1) is 6.10 Å². The molecule has 0 aromatic carbocycles. The standard InChI is InChI=1S/C11H19NO/c1-9(8-12-10-4-5-10)7-11-3-2-6-13-11/h7,10-12H,2-6,8H2,1H3/b9-7+. The molecule has 2 aliphatic rings. The molecule has 2 heteroatoms. The fraction of sp³-hybridized carbons (Fsp3) is 0.818. The van der Waals surface area contributed by atoms with Crippen LogP contribution in [0.4, 0.5) is 0 Å². The van der Waals surface area contributed by atoms with E-state index in [1.54, 1.807) is 0 Å². The summed E-state index contributed by atoms with van der Waals surface area (Å²) in [6.07, 6.45) is 7.86. The van der Waals surface area contributed by atoms with Crippen LogP contribution in [-0.4, -0.2) is 25.3 Å². The van der Waals surface area contributed by atoms with Gasteiger partial charge in [-0.15, -0.1) is 0 Å². The van der Waals surface area contributed by atoms with Crippen molar-refractivity contribution in [2.75, 3.05) is 13.2 Å². The second-order valence-corrected chi connectivity index (χ2v) is 4.22. The number of ether oxygens (including phenoxy) is 1. The highest BCUT2D eigenvalue weighted by Crippen LogP contribution is 2.19. The lowest BCUT2D eigenvalue weighted by Gasteiger charge is -2.07. The minimum Gasteiger partial charge on any atom is -0.374 e. The maximum atomic E-state index is 5.54. The summed E-state index contributed by atoms with van der Waals surface area (Å²) in [5, 5.41) is 3.51. The quantitative estimate of drug-likeness (QED) is 0.668. The van der Waals surface area contributed by atoms with Gasteiger partial charge in [0.25, 0.3) is 0 Å². The van der Waals surface area contributed by atoms with Crippen LogP contribution in [0, 0.1) is 0 Å². The molecule has 1 heterocycles. The Bertz CT molecular complexity index is 190. The van der Waals surface area contributed by atoms with Gasteiger partial charge in [-0.25, -0.2) is 0 Å². The zero-order chi connectivity index (χ0) is 9.10. The predicted octanol–water partition coefficient (Wildman–Crippen LogP) is 1.86. The van der Waals surface area contributed by atoms with Crippen LogP contribution < -0.4 is 5.32 Å². The summed E-state index contributed by atoms with van der Waals surface area (Å²) >= 11 is 0. The molecule has 2 rings (SSSR count). The summed E-state index contributed by atoms with van der Waals surface area (Å²) in [6.45, 7) is 4.19. The van der Waals surface area contributed by atoms with E-state index in [0.717, 1.165) is 19.2 Å². The van der Waals surface area contributed by atoms with Crippen LogP contribution >= 0.6 is 0 Å². The molecular weight excluding hydrogens is 162 g/mol. The molecule has 0 spiro atoms. The summed E-state index contributed by atoms with van der Waals surface area (Å²) in [5.41, 5.74) is 1.43. The van der Waals surface area contributed by atoms with Crippen LogP contribution in [0.2, 0.25) is 0 Å². The lowest BCUT2D eigenvalue weighted by molar-refractivity contribution is 0.145. The lowest BCUT2D eigenvalue weighted by atomic mass is 10.1. The molecule has 0 bridgehead atoms. The Morgan fingerprint density at radius 2 is 2.31 bits per heavy atom. The first-order valence-corrected chi connectivity index (χ1v) is 5.37. The van der Waals surface area contributed by atoms with Crippen molar-refractivity contribution in [3.63, 3.8) is 0 Å². The van der Waals surface area contributed by atoms with E-state index >= 15 is 0 Å². The summed E-state index contributed by atoms with van der Waals surface area (Å²) in [7, 11) is 0. The largest absolute Gasteiger partial charge is 0.374 e. The Kier molecular flexibility index (Phi) is 3.01. The third-order valence-electron chi connectivity index (χ3n) is 2.68. The molecule has 2 nitrogen and oxygen atoms in total. The average molecular weight is 181 g/mol. The molecule has 1 N–H and O–H groups in total.